The highest BCUT2D eigenvalue weighted by Gasteiger charge is 2.64. The summed E-state index contributed by atoms with van der Waals surface area (Å²) in [7, 11) is 3.26. The number of rotatable bonds is 3. The average molecular weight is 262 g/mol. The van der Waals surface area contributed by atoms with Gasteiger partial charge in [-0.2, -0.15) is 22.0 Å². The maximum absolute atomic E-state index is 12.6. The monoisotopic (exact) mass is 262 g/mol. The van der Waals surface area contributed by atoms with E-state index in [0.29, 0.717) is 7.05 Å². The molecule has 0 aliphatic carbocycles. The van der Waals surface area contributed by atoms with Gasteiger partial charge < -0.3 is 9.80 Å². The first kappa shape index (κ1) is 15.6. The molecule has 0 spiro atoms. The predicted molar refractivity (Wildman–Crippen MR) is 47.3 cm³/mol. The number of hydrogen-bond donors (Lipinski definition) is 0. The second-order valence-electron chi connectivity index (χ2n) is 3.52. The van der Waals surface area contributed by atoms with Gasteiger partial charge in [-0.05, 0) is 0 Å². The van der Waals surface area contributed by atoms with Crippen molar-refractivity contribution in [2.75, 3.05) is 27.7 Å². The predicted octanol–water partition coefficient (Wildman–Crippen LogP) is 0.731. The molecule has 0 saturated carbocycles. The molecule has 0 unspecified atom stereocenters. The van der Waals surface area contributed by atoms with Gasteiger partial charge in [0.25, 0.3) is 0 Å². The summed E-state index contributed by atoms with van der Waals surface area (Å²) in [6.07, 6.45) is -5.97. The highest BCUT2D eigenvalue weighted by molar-refractivity contribution is 5.88. The van der Waals surface area contributed by atoms with Crippen LogP contribution in [0.25, 0.3) is 0 Å². The topological polar surface area (TPSA) is 40.6 Å². The molecular weight excluding hydrogens is 251 g/mol. The number of alkyl halides is 5. The molecule has 0 rings (SSSR count). The van der Waals surface area contributed by atoms with Crippen LogP contribution in [0.2, 0.25) is 0 Å². The molecule has 0 atom stereocenters. The minimum atomic E-state index is -5.97. The second-order valence-corrected chi connectivity index (χ2v) is 3.52. The van der Waals surface area contributed by atoms with Crippen LogP contribution in [0.15, 0.2) is 0 Å². The number of carbonyl (C=O) groups excluding carboxylic acids is 2. The molecule has 17 heavy (non-hydrogen) atoms. The summed E-state index contributed by atoms with van der Waals surface area (Å²) >= 11 is 0. The number of halogens is 5. The van der Waals surface area contributed by atoms with Crippen molar-refractivity contribution in [1.82, 2.24) is 9.80 Å². The summed E-state index contributed by atoms with van der Waals surface area (Å²) in [5.41, 5.74) is 0. The van der Waals surface area contributed by atoms with Crippen LogP contribution in [0.5, 0.6) is 0 Å². The smallest absolute Gasteiger partial charge is 0.347 e. The van der Waals surface area contributed by atoms with Crippen LogP contribution in [-0.4, -0.2) is 61.4 Å². The first-order chi connectivity index (χ1) is 7.41. The van der Waals surface area contributed by atoms with E-state index in [2.05, 4.69) is 0 Å². The van der Waals surface area contributed by atoms with Crippen molar-refractivity contribution in [3.8, 4) is 0 Å². The van der Waals surface area contributed by atoms with Gasteiger partial charge in [-0.15, -0.1) is 0 Å². The van der Waals surface area contributed by atoms with E-state index < -0.39 is 30.5 Å². The van der Waals surface area contributed by atoms with Gasteiger partial charge in [0.2, 0.25) is 5.91 Å². The van der Waals surface area contributed by atoms with Crippen molar-refractivity contribution >= 4 is 11.8 Å². The zero-order valence-electron chi connectivity index (χ0n) is 9.31. The number of carbonyl (C=O) groups is 2. The third-order valence-electron chi connectivity index (χ3n) is 1.84. The van der Waals surface area contributed by atoms with Crippen LogP contribution in [0, 0.1) is 0 Å². The molecule has 0 bridgehead atoms. The third-order valence-corrected chi connectivity index (χ3v) is 1.84. The van der Waals surface area contributed by atoms with Crippen LogP contribution in [0.4, 0.5) is 22.0 Å². The van der Waals surface area contributed by atoms with Crippen molar-refractivity contribution in [3.63, 3.8) is 0 Å². The Bertz CT molecular complexity index is 314. The second kappa shape index (κ2) is 4.84. The van der Waals surface area contributed by atoms with Gasteiger partial charge >= 0.3 is 18.0 Å². The molecule has 0 aliphatic rings. The first-order valence-corrected chi connectivity index (χ1v) is 4.31. The quantitative estimate of drug-likeness (QED) is 0.703. The maximum atomic E-state index is 12.6. The van der Waals surface area contributed by atoms with Gasteiger partial charge in [0.1, 0.15) is 0 Å². The summed E-state index contributed by atoms with van der Waals surface area (Å²) in [5.74, 6) is -8.71. The van der Waals surface area contributed by atoms with Gasteiger partial charge in [0, 0.05) is 21.1 Å². The van der Waals surface area contributed by atoms with E-state index in [9.17, 15) is 31.5 Å². The fourth-order valence-electron chi connectivity index (χ4n) is 0.777. The molecule has 2 amide bonds. The zero-order chi connectivity index (χ0) is 14.0. The maximum Gasteiger partial charge on any atom is 0.463 e. The van der Waals surface area contributed by atoms with E-state index in [1.165, 1.54) is 14.1 Å². The van der Waals surface area contributed by atoms with Crippen LogP contribution in [0.3, 0.4) is 0 Å². The normalized spacial score (nSPS) is 12.2. The molecule has 0 N–H and O–H groups in total. The Hall–Kier alpha value is -1.41. The van der Waals surface area contributed by atoms with Gasteiger partial charge in [0.05, 0.1) is 6.54 Å². The summed E-state index contributed by atoms with van der Waals surface area (Å²) in [5, 5.41) is 0. The molecular formula is C8H11F5N2O2. The Morgan fingerprint density at radius 3 is 1.71 bits per heavy atom. The summed E-state index contributed by atoms with van der Waals surface area (Å²) < 4.78 is 60.7. The van der Waals surface area contributed by atoms with E-state index in [1.54, 1.807) is 0 Å². The Balaban J connectivity index is 4.78. The molecule has 0 saturated heterocycles. The van der Waals surface area contributed by atoms with Crippen LogP contribution in [-0.2, 0) is 9.59 Å². The summed E-state index contributed by atoms with van der Waals surface area (Å²) in [6, 6.07) is 0. The van der Waals surface area contributed by atoms with Crippen molar-refractivity contribution < 1.29 is 31.5 Å². The lowest BCUT2D eigenvalue weighted by atomic mass is 10.3. The van der Waals surface area contributed by atoms with E-state index in [1.807, 2.05) is 0 Å². The lowest BCUT2D eigenvalue weighted by Gasteiger charge is -2.25. The lowest BCUT2D eigenvalue weighted by molar-refractivity contribution is -0.273. The van der Waals surface area contributed by atoms with Gasteiger partial charge in [0.15, 0.2) is 0 Å². The third kappa shape index (κ3) is 3.53. The van der Waals surface area contributed by atoms with Gasteiger partial charge in [-0.3, -0.25) is 9.59 Å². The number of likely N-dealkylation sites (N-methyl/N-ethyl adjacent to an activating group) is 2. The molecule has 0 heterocycles. The highest BCUT2D eigenvalue weighted by atomic mass is 19.4. The van der Waals surface area contributed by atoms with E-state index in [-0.39, 0.29) is 4.90 Å². The van der Waals surface area contributed by atoms with Crippen LogP contribution >= 0.6 is 0 Å². The Morgan fingerprint density at radius 1 is 1.00 bits per heavy atom. The molecule has 0 fully saturated rings. The molecule has 4 nitrogen and oxygen atoms in total. The molecule has 0 aromatic carbocycles. The number of nitrogens with zero attached hydrogens (tertiary/aromatic N) is 2. The van der Waals surface area contributed by atoms with Crippen LogP contribution < -0.4 is 0 Å². The lowest BCUT2D eigenvalue weighted by Crippen LogP contribution is -2.52. The Labute approximate surface area is 94.0 Å². The van der Waals surface area contributed by atoms with Gasteiger partial charge in [-0.25, -0.2) is 0 Å². The largest absolute Gasteiger partial charge is 0.463 e. The molecule has 0 radical (unpaired) electrons. The van der Waals surface area contributed by atoms with Crippen molar-refractivity contribution in [1.29, 1.82) is 0 Å². The molecule has 0 aromatic rings. The first-order valence-electron chi connectivity index (χ1n) is 4.31. The van der Waals surface area contributed by atoms with Crippen molar-refractivity contribution in [3.05, 3.63) is 0 Å². The summed E-state index contributed by atoms with van der Waals surface area (Å²) in [6.45, 7) is -0.850. The molecule has 0 aliphatic heterocycles. The SMILES string of the molecule is CN(C)C(=O)CN(C)C(=O)C(F)(F)C(F)(F)F. The highest BCUT2D eigenvalue weighted by Crippen LogP contribution is 2.36. The van der Waals surface area contributed by atoms with E-state index in [0.717, 1.165) is 4.90 Å². The van der Waals surface area contributed by atoms with Crippen LogP contribution in [0.1, 0.15) is 0 Å². The molecule has 100 valence electrons. The van der Waals surface area contributed by atoms with Gasteiger partial charge in [-0.1, -0.05) is 0 Å². The van der Waals surface area contributed by atoms with Crippen molar-refractivity contribution in [2.24, 2.45) is 0 Å². The minimum absolute atomic E-state index is 0.0375. The average Bonchev–Trinajstić information content (AvgIpc) is 2.14. The summed E-state index contributed by atoms with van der Waals surface area (Å²) in [4.78, 5) is 22.9. The van der Waals surface area contributed by atoms with E-state index in [4.69, 9.17) is 0 Å². The number of hydrogen-bond acceptors (Lipinski definition) is 2. The molecule has 0 aromatic heterocycles. The molecule has 9 heteroatoms. The van der Waals surface area contributed by atoms with E-state index >= 15 is 0 Å². The number of amides is 2. The standard InChI is InChI=1S/C8H11F5N2O2/c1-14(2)5(16)4-15(3)6(17)7(9,10)8(11,12)13/h4H2,1-3H3. The Kier molecular flexibility index (Phi) is 4.44. The fraction of sp³-hybridized carbons (Fsp3) is 0.750. The fourth-order valence-corrected chi connectivity index (χ4v) is 0.777. The minimum Gasteiger partial charge on any atom is -0.347 e. The Morgan fingerprint density at radius 2 is 1.41 bits per heavy atom. The van der Waals surface area contributed by atoms with Crippen molar-refractivity contribution in [2.45, 2.75) is 12.1 Å². The zero-order valence-corrected chi connectivity index (χ0v) is 9.31.